The smallest absolute Gasteiger partial charge is 0.226 e. The van der Waals surface area contributed by atoms with Crippen LogP contribution in [-0.2, 0) is 9.59 Å². The molecule has 0 aliphatic carbocycles. The van der Waals surface area contributed by atoms with E-state index in [0.29, 0.717) is 19.0 Å². The van der Waals surface area contributed by atoms with Crippen molar-refractivity contribution in [3.05, 3.63) is 0 Å². The van der Waals surface area contributed by atoms with Crippen LogP contribution in [0.25, 0.3) is 0 Å². The summed E-state index contributed by atoms with van der Waals surface area (Å²) < 4.78 is 0. The van der Waals surface area contributed by atoms with Crippen LogP contribution >= 0.6 is 12.4 Å². The first-order valence-corrected chi connectivity index (χ1v) is 7.88. The van der Waals surface area contributed by atoms with Crippen LogP contribution in [0.1, 0.15) is 39.0 Å². The van der Waals surface area contributed by atoms with Gasteiger partial charge in [0.1, 0.15) is 0 Å². The zero-order valence-electron chi connectivity index (χ0n) is 13.1. The summed E-state index contributed by atoms with van der Waals surface area (Å²) in [5, 5.41) is 3.34. The molecule has 2 rings (SSSR count). The molecular formula is C15H28ClN3O2. The number of rotatable bonds is 4. The monoisotopic (exact) mass is 317 g/mol. The van der Waals surface area contributed by atoms with Gasteiger partial charge in [0.25, 0.3) is 0 Å². The van der Waals surface area contributed by atoms with E-state index in [1.54, 1.807) is 4.90 Å². The molecule has 21 heavy (non-hydrogen) atoms. The number of piperidine rings is 2. The number of carbonyl (C=O) groups excluding carboxylic acids is 2. The van der Waals surface area contributed by atoms with Gasteiger partial charge < -0.3 is 15.1 Å². The van der Waals surface area contributed by atoms with Gasteiger partial charge in [-0.05, 0) is 38.8 Å². The SMILES string of the molecule is CCCN(C(=O)C1CCN(C)C(=O)C1)C1CCNCC1.Cl. The lowest BCUT2D eigenvalue weighted by molar-refractivity contribution is -0.146. The molecule has 0 aromatic rings. The van der Waals surface area contributed by atoms with Crippen molar-refractivity contribution in [1.82, 2.24) is 15.1 Å². The molecule has 0 saturated carbocycles. The second-order valence-electron chi connectivity index (χ2n) is 6.02. The van der Waals surface area contributed by atoms with Gasteiger partial charge in [0.2, 0.25) is 11.8 Å². The van der Waals surface area contributed by atoms with Gasteiger partial charge >= 0.3 is 0 Å². The van der Waals surface area contributed by atoms with Crippen LogP contribution in [0.2, 0.25) is 0 Å². The molecule has 1 atom stereocenters. The highest BCUT2D eigenvalue weighted by Gasteiger charge is 2.34. The number of hydrogen-bond acceptors (Lipinski definition) is 3. The van der Waals surface area contributed by atoms with Crippen LogP contribution in [0.5, 0.6) is 0 Å². The maximum atomic E-state index is 12.8. The molecule has 5 nitrogen and oxygen atoms in total. The van der Waals surface area contributed by atoms with E-state index in [2.05, 4.69) is 17.1 Å². The molecule has 1 N–H and O–H groups in total. The second kappa shape index (κ2) is 8.59. The molecule has 0 aromatic heterocycles. The maximum absolute atomic E-state index is 12.8. The molecular weight excluding hydrogens is 290 g/mol. The maximum Gasteiger partial charge on any atom is 0.226 e. The van der Waals surface area contributed by atoms with Gasteiger partial charge in [-0.1, -0.05) is 6.92 Å². The minimum atomic E-state index is -0.0971. The molecule has 0 radical (unpaired) electrons. The first-order valence-electron chi connectivity index (χ1n) is 7.88. The molecule has 2 aliphatic rings. The van der Waals surface area contributed by atoms with Gasteiger partial charge in [-0.3, -0.25) is 9.59 Å². The van der Waals surface area contributed by atoms with Gasteiger partial charge in [-0.2, -0.15) is 0 Å². The normalized spacial score (nSPS) is 23.6. The Kier molecular flexibility index (Phi) is 7.46. The first-order chi connectivity index (χ1) is 9.63. The molecule has 2 heterocycles. The van der Waals surface area contributed by atoms with Crippen LogP contribution in [0.4, 0.5) is 0 Å². The lowest BCUT2D eigenvalue weighted by Gasteiger charge is -2.38. The summed E-state index contributed by atoms with van der Waals surface area (Å²) in [4.78, 5) is 28.4. The Hall–Kier alpha value is -0.810. The van der Waals surface area contributed by atoms with Gasteiger partial charge in [0.15, 0.2) is 0 Å². The zero-order chi connectivity index (χ0) is 14.5. The number of carbonyl (C=O) groups is 2. The second-order valence-corrected chi connectivity index (χ2v) is 6.02. The van der Waals surface area contributed by atoms with E-state index in [4.69, 9.17) is 0 Å². The van der Waals surface area contributed by atoms with E-state index in [0.717, 1.165) is 45.3 Å². The number of nitrogens with one attached hydrogen (secondary N) is 1. The third-order valence-electron chi connectivity index (χ3n) is 4.51. The summed E-state index contributed by atoms with van der Waals surface area (Å²) in [6, 6.07) is 0.360. The highest BCUT2D eigenvalue weighted by Crippen LogP contribution is 2.23. The van der Waals surface area contributed by atoms with Crippen LogP contribution in [-0.4, -0.2) is 60.9 Å². The quantitative estimate of drug-likeness (QED) is 0.849. The third kappa shape index (κ3) is 4.58. The van der Waals surface area contributed by atoms with Crippen molar-refractivity contribution in [2.24, 2.45) is 5.92 Å². The minimum Gasteiger partial charge on any atom is -0.346 e. The first kappa shape index (κ1) is 18.2. The largest absolute Gasteiger partial charge is 0.346 e. The van der Waals surface area contributed by atoms with Crippen LogP contribution in [0.3, 0.4) is 0 Å². The number of halogens is 1. The van der Waals surface area contributed by atoms with Crippen molar-refractivity contribution in [2.75, 3.05) is 33.2 Å². The molecule has 2 amide bonds. The van der Waals surface area contributed by atoms with Crippen LogP contribution in [0.15, 0.2) is 0 Å². The molecule has 0 spiro atoms. The Morgan fingerprint density at radius 3 is 2.57 bits per heavy atom. The van der Waals surface area contributed by atoms with Crippen LogP contribution < -0.4 is 5.32 Å². The average Bonchev–Trinajstić information content (AvgIpc) is 2.48. The Labute approximate surface area is 133 Å². The van der Waals surface area contributed by atoms with Crippen molar-refractivity contribution in [2.45, 2.75) is 45.1 Å². The molecule has 6 heteroatoms. The fourth-order valence-electron chi connectivity index (χ4n) is 3.22. The highest BCUT2D eigenvalue weighted by molar-refractivity contribution is 5.87. The summed E-state index contributed by atoms with van der Waals surface area (Å²) >= 11 is 0. The van der Waals surface area contributed by atoms with E-state index < -0.39 is 0 Å². The van der Waals surface area contributed by atoms with Gasteiger partial charge in [-0.25, -0.2) is 0 Å². The van der Waals surface area contributed by atoms with Crippen molar-refractivity contribution in [3.63, 3.8) is 0 Å². The standard InChI is InChI=1S/C15H27N3O2.ClH/c1-3-9-18(13-4-7-16-8-5-13)15(20)12-6-10-17(2)14(19)11-12;/h12-13,16H,3-11H2,1-2H3;1H. The number of amides is 2. The lowest BCUT2D eigenvalue weighted by Crippen LogP contribution is -2.50. The van der Waals surface area contributed by atoms with E-state index in [-0.39, 0.29) is 30.1 Å². The van der Waals surface area contributed by atoms with Crippen LogP contribution in [0, 0.1) is 5.92 Å². The molecule has 1 unspecified atom stereocenters. The van der Waals surface area contributed by atoms with Crippen molar-refractivity contribution in [3.8, 4) is 0 Å². The van der Waals surface area contributed by atoms with Gasteiger partial charge in [-0.15, -0.1) is 12.4 Å². The highest BCUT2D eigenvalue weighted by atomic mass is 35.5. The zero-order valence-corrected chi connectivity index (χ0v) is 14.0. The molecule has 2 aliphatic heterocycles. The van der Waals surface area contributed by atoms with E-state index in [9.17, 15) is 9.59 Å². The Bertz CT molecular complexity index is 359. The van der Waals surface area contributed by atoms with E-state index in [1.807, 2.05) is 7.05 Å². The fourth-order valence-corrected chi connectivity index (χ4v) is 3.22. The van der Waals surface area contributed by atoms with Crippen molar-refractivity contribution >= 4 is 24.2 Å². The average molecular weight is 318 g/mol. The molecule has 2 saturated heterocycles. The number of hydrogen-bond donors (Lipinski definition) is 1. The lowest BCUT2D eigenvalue weighted by atomic mass is 9.93. The Balaban J connectivity index is 0.00000220. The summed E-state index contributed by atoms with van der Waals surface area (Å²) in [6.07, 6.45) is 4.25. The number of likely N-dealkylation sites (tertiary alicyclic amines) is 1. The summed E-state index contributed by atoms with van der Waals surface area (Å²) in [6.45, 7) is 5.63. The Morgan fingerprint density at radius 1 is 1.33 bits per heavy atom. The van der Waals surface area contributed by atoms with Crippen molar-refractivity contribution < 1.29 is 9.59 Å². The fraction of sp³-hybridized carbons (Fsp3) is 0.867. The summed E-state index contributed by atoms with van der Waals surface area (Å²) in [5.74, 6) is 0.219. The Morgan fingerprint density at radius 2 is 2.00 bits per heavy atom. The predicted octanol–water partition coefficient (Wildman–Crippen LogP) is 1.27. The van der Waals surface area contributed by atoms with Crippen molar-refractivity contribution in [1.29, 1.82) is 0 Å². The third-order valence-corrected chi connectivity index (χ3v) is 4.51. The summed E-state index contributed by atoms with van der Waals surface area (Å²) in [5.41, 5.74) is 0. The molecule has 2 fully saturated rings. The topological polar surface area (TPSA) is 52.7 Å². The predicted molar refractivity (Wildman–Crippen MR) is 85.5 cm³/mol. The minimum absolute atomic E-state index is 0. The molecule has 0 bridgehead atoms. The molecule has 0 aromatic carbocycles. The molecule has 122 valence electrons. The van der Waals surface area contributed by atoms with Gasteiger partial charge in [0.05, 0.1) is 0 Å². The number of nitrogens with zero attached hydrogens (tertiary/aromatic N) is 2. The summed E-state index contributed by atoms with van der Waals surface area (Å²) in [7, 11) is 1.82. The van der Waals surface area contributed by atoms with Gasteiger partial charge in [0, 0.05) is 38.5 Å². The van der Waals surface area contributed by atoms with E-state index >= 15 is 0 Å². The van der Waals surface area contributed by atoms with E-state index in [1.165, 1.54) is 0 Å².